The molecule has 2 bridgehead atoms. The first-order chi connectivity index (χ1) is 8.20. The molecule has 4 aliphatic rings. The summed E-state index contributed by atoms with van der Waals surface area (Å²) in [5, 5.41) is 0. The van der Waals surface area contributed by atoms with Gasteiger partial charge < -0.3 is 9.47 Å². The average Bonchev–Trinajstić information content (AvgIpc) is 2.39. The quantitative estimate of drug-likeness (QED) is 0.545. The highest BCUT2D eigenvalue weighted by Gasteiger charge is 2.67. The summed E-state index contributed by atoms with van der Waals surface area (Å²) < 4.78 is 11.2. The van der Waals surface area contributed by atoms with Gasteiger partial charge in [0.15, 0.2) is 5.78 Å². The summed E-state index contributed by atoms with van der Waals surface area (Å²) in [4.78, 5) is 12.5. The molecule has 4 rings (SSSR count). The van der Waals surface area contributed by atoms with E-state index in [1.807, 2.05) is 0 Å². The highest BCUT2D eigenvalue weighted by molar-refractivity contribution is 5.91. The van der Waals surface area contributed by atoms with E-state index in [1.54, 1.807) is 14.2 Å². The zero-order valence-corrected chi connectivity index (χ0v) is 10.6. The molecule has 1 spiro atoms. The summed E-state index contributed by atoms with van der Waals surface area (Å²) in [6, 6.07) is 0. The van der Waals surface area contributed by atoms with Gasteiger partial charge in [0.05, 0.1) is 5.41 Å². The first-order valence-corrected chi connectivity index (χ1v) is 6.52. The lowest BCUT2D eigenvalue weighted by atomic mass is 9.49. The largest absolute Gasteiger partial charge is 0.346 e. The van der Waals surface area contributed by atoms with Crippen molar-refractivity contribution >= 4 is 5.78 Å². The Morgan fingerprint density at radius 2 is 2.06 bits per heavy atom. The summed E-state index contributed by atoms with van der Waals surface area (Å²) in [6.45, 7) is 0. The zero-order chi connectivity index (χ0) is 12.1. The molecule has 0 aromatic rings. The van der Waals surface area contributed by atoms with Gasteiger partial charge in [0.25, 0.3) is 0 Å². The Balaban J connectivity index is 2.15. The van der Waals surface area contributed by atoms with E-state index >= 15 is 0 Å². The lowest BCUT2D eigenvalue weighted by molar-refractivity contribution is -0.287. The van der Waals surface area contributed by atoms with Gasteiger partial charge in [-0.05, 0) is 38.0 Å². The molecule has 3 nitrogen and oxygen atoms in total. The number of fused-ring (bicyclic) bond motifs is 2. The molecule has 17 heavy (non-hydrogen) atoms. The van der Waals surface area contributed by atoms with E-state index in [1.165, 1.54) is 0 Å². The van der Waals surface area contributed by atoms with Crippen molar-refractivity contribution < 1.29 is 14.3 Å². The number of Topliss-reactive ketones (excluding diaryl/α,β-unsaturated/α-hetero) is 1. The molecule has 0 amide bonds. The van der Waals surface area contributed by atoms with Crippen LogP contribution in [0, 0.1) is 17.3 Å². The van der Waals surface area contributed by atoms with E-state index in [-0.39, 0.29) is 17.1 Å². The smallest absolute Gasteiger partial charge is 0.238 e. The molecule has 0 aromatic heterocycles. The minimum Gasteiger partial charge on any atom is -0.346 e. The van der Waals surface area contributed by atoms with Crippen molar-refractivity contribution in [3.05, 3.63) is 12.2 Å². The van der Waals surface area contributed by atoms with Crippen molar-refractivity contribution in [1.29, 1.82) is 0 Å². The Bertz CT molecular complexity index is 370. The first-order valence-electron chi connectivity index (χ1n) is 6.52. The van der Waals surface area contributed by atoms with Crippen LogP contribution in [0.2, 0.25) is 0 Å². The number of methoxy groups -OCH3 is 2. The fraction of sp³-hybridized carbons (Fsp3) is 0.786. The maximum absolute atomic E-state index is 12.5. The Kier molecular flexibility index (Phi) is 2.46. The predicted octanol–water partition coefficient (Wildman–Crippen LogP) is 2.31. The molecule has 0 aliphatic heterocycles. The Hall–Kier alpha value is -0.670. The Labute approximate surface area is 102 Å². The van der Waals surface area contributed by atoms with Gasteiger partial charge in [-0.1, -0.05) is 12.2 Å². The summed E-state index contributed by atoms with van der Waals surface area (Å²) in [5.41, 5.74) is -0.208. The predicted molar refractivity (Wildman–Crippen MR) is 63.4 cm³/mol. The molecule has 0 heterocycles. The van der Waals surface area contributed by atoms with Gasteiger partial charge in [0.2, 0.25) is 5.79 Å². The highest BCUT2D eigenvalue weighted by Crippen LogP contribution is 2.62. The molecule has 3 atom stereocenters. The SMILES string of the molecule is COC1(OC)C(=O)[C@H]2CC[C@@]13C=CCCC3C2. The zero-order valence-electron chi connectivity index (χ0n) is 10.6. The standard InChI is InChI=1S/C14H20O3/c1-16-14(17-2)12(15)10-6-8-13(14)7-4-3-5-11(13)9-10/h4,7,10-11H,3,5-6,8-9H2,1-2H3/t10-,11?,13+/m0/s1. The van der Waals surface area contributed by atoms with Gasteiger partial charge in [0.1, 0.15) is 0 Å². The van der Waals surface area contributed by atoms with Crippen LogP contribution in [0.3, 0.4) is 0 Å². The van der Waals surface area contributed by atoms with E-state index in [2.05, 4.69) is 12.2 Å². The molecule has 3 saturated carbocycles. The van der Waals surface area contributed by atoms with E-state index < -0.39 is 5.79 Å². The summed E-state index contributed by atoms with van der Waals surface area (Å²) >= 11 is 0. The van der Waals surface area contributed by atoms with Crippen LogP contribution in [0.25, 0.3) is 0 Å². The van der Waals surface area contributed by atoms with Crippen LogP contribution in [-0.2, 0) is 14.3 Å². The molecule has 3 heteroatoms. The third-order valence-electron chi connectivity index (χ3n) is 5.18. The molecule has 0 saturated heterocycles. The lowest BCUT2D eigenvalue weighted by Crippen LogP contribution is -2.68. The van der Waals surface area contributed by atoms with Gasteiger partial charge in [-0.25, -0.2) is 0 Å². The topological polar surface area (TPSA) is 35.5 Å². The number of ether oxygens (including phenoxy) is 2. The average molecular weight is 236 g/mol. The van der Waals surface area contributed by atoms with Gasteiger partial charge in [-0.15, -0.1) is 0 Å². The Morgan fingerprint density at radius 1 is 1.29 bits per heavy atom. The number of hydrogen-bond acceptors (Lipinski definition) is 3. The summed E-state index contributed by atoms with van der Waals surface area (Å²) in [7, 11) is 3.21. The molecule has 0 radical (unpaired) electrons. The van der Waals surface area contributed by atoms with Crippen molar-refractivity contribution in [3.8, 4) is 0 Å². The van der Waals surface area contributed by atoms with Crippen LogP contribution < -0.4 is 0 Å². The first kappa shape index (κ1) is 11.4. The minimum atomic E-state index is -1.02. The van der Waals surface area contributed by atoms with Crippen molar-refractivity contribution in [2.24, 2.45) is 17.3 Å². The highest BCUT2D eigenvalue weighted by atomic mass is 16.7. The maximum atomic E-state index is 12.5. The van der Waals surface area contributed by atoms with Gasteiger partial charge in [-0.3, -0.25) is 4.79 Å². The second-order valence-electron chi connectivity index (χ2n) is 5.58. The number of rotatable bonds is 2. The minimum absolute atomic E-state index is 0.147. The third kappa shape index (κ3) is 1.17. The van der Waals surface area contributed by atoms with Crippen molar-refractivity contribution in [2.75, 3.05) is 14.2 Å². The normalized spacial score (nSPS) is 42.6. The molecule has 4 aliphatic carbocycles. The van der Waals surface area contributed by atoms with E-state index in [0.29, 0.717) is 5.92 Å². The van der Waals surface area contributed by atoms with Crippen LogP contribution in [0.1, 0.15) is 32.1 Å². The van der Waals surface area contributed by atoms with E-state index in [9.17, 15) is 4.79 Å². The van der Waals surface area contributed by atoms with Gasteiger partial charge >= 0.3 is 0 Å². The number of allylic oxidation sites excluding steroid dienone is 1. The number of ketones is 1. The molecular weight excluding hydrogens is 216 g/mol. The molecule has 1 unspecified atom stereocenters. The van der Waals surface area contributed by atoms with Crippen LogP contribution in [-0.4, -0.2) is 25.8 Å². The van der Waals surface area contributed by atoms with Crippen molar-refractivity contribution in [1.82, 2.24) is 0 Å². The molecule has 0 aromatic carbocycles. The van der Waals surface area contributed by atoms with Gasteiger partial charge in [-0.2, -0.15) is 0 Å². The van der Waals surface area contributed by atoms with Crippen LogP contribution in [0.5, 0.6) is 0 Å². The van der Waals surface area contributed by atoms with E-state index in [0.717, 1.165) is 32.1 Å². The van der Waals surface area contributed by atoms with Crippen LogP contribution in [0.15, 0.2) is 12.2 Å². The molecule has 3 fully saturated rings. The summed E-state index contributed by atoms with van der Waals surface area (Å²) in [6.07, 6.45) is 9.73. The second-order valence-corrected chi connectivity index (χ2v) is 5.58. The van der Waals surface area contributed by atoms with Crippen molar-refractivity contribution in [3.63, 3.8) is 0 Å². The van der Waals surface area contributed by atoms with E-state index in [4.69, 9.17) is 9.47 Å². The monoisotopic (exact) mass is 236 g/mol. The lowest BCUT2D eigenvalue weighted by Gasteiger charge is -2.60. The number of carbonyl (C=O) groups excluding carboxylic acids is 1. The fourth-order valence-corrected chi connectivity index (χ4v) is 4.42. The fourth-order valence-electron chi connectivity index (χ4n) is 4.42. The third-order valence-corrected chi connectivity index (χ3v) is 5.18. The van der Waals surface area contributed by atoms with Gasteiger partial charge in [0, 0.05) is 20.1 Å². The van der Waals surface area contributed by atoms with Crippen molar-refractivity contribution in [2.45, 2.75) is 37.9 Å². The van der Waals surface area contributed by atoms with Crippen LogP contribution >= 0.6 is 0 Å². The molecule has 94 valence electrons. The maximum Gasteiger partial charge on any atom is 0.238 e. The number of carbonyl (C=O) groups is 1. The Morgan fingerprint density at radius 3 is 2.76 bits per heavy atom. The molecule has 0 N–H and O–H groups in total. The summed E-state index contributed by atoms with van der Waals surface area (Å²) in [5.74, 6) is -0.163. The second kappa shape index (κ2) is 3.66. The number of hydrogen-bond donors (Lipinski definition) is 0. The molecular formula is C14H20O3. The van der Waals surface area contributed by atoms with Crippen LogP contribution in [0.4, 0.5) is 0 Å².